The van der Waals surface area contributed by atoms with Gasteiger partial charge in [0.2, 0.25) is 0 Å². The number of para-hydroxylation sites is 1. The van der Waals surface area contributed by atoms with Crippen molar-refractivity contribution in [3.05, 3.63) is 53.1 Å². The molecular formula is C18H19NO2. The molecule has 0 saturated carbocycles. The number of hydrogen-bond donors (Lipinski definition) is 3. The van der Waals surface area contributed by atoms with E-state index >= 15 is 0 Å². The third kappa shape index (κ3) is 2.30. The molecule has 3 aromatic rings. The van der Waals surface area contributed by atoms with Crippen LogP contribution in [0.3, 0.4) is 0 Å². The highest BCUT2D eigenvalue weighted by Crippen LogP contribution is 2.35. The highest BCUT2D eigenvalue weighted by Gasteiger charge is 2.15. The van der Waals surface area contributed by atoms with E-state index in [-0.39, 0.29) is 12.4 Å². The van der Waals surface area contributed by atoms with E-state index in [1.807, 2.05) is 38.1 Å². The van der Waals surface area contributed by atoms with Crippen LogP contribution < -0.4 is 0 Å². The molecule has 1 heterocycles. The van der Waals surface area contributed by atoms with Gasteiger partial charge in [-0.15, -0.1) is 0 Å². The van der Waals surface area contributed by atoms with E-state index in [1.165, 1.54) is 5.57 Å². The summed E-state index contributed by atoms with van der Waals surface area (Å²) in [7, 11) is 0. The van der Waals surface area contributed by atoms with Crippen LogP contribution >= 0.6 is 0 Å². The zero-order valence-electron chi connectivity index (χ0n) is 12.3. The molecule has 108 valence electrons. The summed E-state index contributed by atoms with van der Waals surface area (Å²) in [6.45, 7) is 3.91. The van der Waals surface area contributed by atoms with Crippen molar-refractivity contribution >= 4 is 21.8 Å². The van der Waals surface area contributed by atoms with Crippen LogP contribution in [0.5, 0.6) is 5.75 Å². The Bertz CT molecular complexity index is 839. The molecule has 0 amide bonds. The zero-order chi connectivity index (χ0) is 15.0. The summed E-state index contributed by atoms with van der Waals surface area (Å²) < 4.78 is 0. The molecule has 0 saturated heterocycles. The number of aromatic hydroxyl groups is 1. The molecule has 1 aromatic heterocycles. The second-order valence-electron chi connectivity index (χ2n) is 5.60. The number of fused-ring (bicyclic) bond motifs is 3. The third-order valence-electron chi connectivity index (χ3n) is 3.84. The smallest absolute Gasteiger partial charge is 0.126 e. The van der Waals surface area contributed by atoms with Crippen LogP contribution in [0.2, 0.25) is 0 Å². The minimum Gasteiger partial charge on any atom is -0.507 e. The number of H-pyrrole nitrogens is 1. The molecule has 0 aliphatic rings. The van der Waals surface area contributed by atoms with Crippen molar-refractivity contribution in [2.45, 2.75) is 26.9 Å². The second-order valence-corrected chi connectivity index (χ2v) is 5.60. The van der Waals surface area contributed by atoms with Gasteiger partial charge in [-0.1, -0.05) is 29.8 Å². The fourth-order valence-corrected chi connectivity index (χ4v) is 2.73. The van der Waals surface area contributed by atoms with Crippen molar-refractivity contribution in [1.82, 2.24) is 4.98 Å². The lowest BCUT2D eigenvalue weighted by Gasteiger charge is -2.09. The summed E-state index contributed by atoms with van der Waals surface area (Å²) in [6.07, 6.45) is 2.73. The maximum absolute atomic E-state index is 10.4. The standard InChI is InChI=1S/C18H19NO2/c1-11(2)7-8-14-17-15(9-12(10-20)18(14)21)13-5-3-4-6-16(13)19-17/h3-7,9,19-21H,8,10H2,1-2H3. The highest BCUT2D eigenvalue weighted by atomic mass is 16.3. The van der Waals surface area contributed by atoms with Crippen LogP contribution in [-0.4, -0.2) is 15.2 Å². The lowest BCUT2D eigenvalue weighted by Crippen LogP contribution is -1.92. The lowest BCUT2D eigenvalue weighted by atomic mass is 10.00. The van der Waals surface area contributed by atoms with Crippen LogP contribution in [0.15, 0.2) is 42.0 Å². The summed E-state index contributed by atoms with van der Waals surface area (Å²) in [4.78, 5) is 3.39. The Hall–Kier alpha value is -2.26. The Kier molecular flexibility index (Phi) is 3.43. The summed E-state index contributed by atoms with van der Waals surface area (Å²) in [6, 6.07) is 9.93. The minimum atomic E-state index is -0.164. The van der Waals surface area contributed by atoms with Gasteiger partial charge in [-0.2, -0.15) is 0 Å². The first-order valence-electron chi connectivity index (χ1n) is 7.10. The van der Waals surface area contributed by atoms with Gasteiger partial charge < -0.3 is 15.2 Å². The van der Waals surface area contributed by atoms with E-state index < -0.39 is 0 Å². The number of aliphatic hydroxyl groups is 1. The first kappa shape index (κ1) is 13.7. The zero-order valence-corrected chi connectivity index (χ0v) is 12.3. The van der Waals surface area contributed by atoms with Gasteiger partial charge >= 0.3 is 0 Å². The molecule has 3 N–H and O–H groups in total. The molecule has 0 atom stereocenters. The maximum Gasteiger partial charge on any atom is 0.126 e. The van der Waals surface area contributed by atoms with Gasteiger partial charge in [0.05, 0.1) is 12.1 Å². The molecule has 0 aliphatic carbocycles. The van der Waals surface area contributed by atoms with Gasteiger partial charge in [-0.05, 0) is 32.4 Å². The topological polar surface area (TPSA) is 56.2 Å². The Labute approximate surface area is 123 Å². The van der Waals surface area contributed by atoms with E-state index in [4.69, 9.17) is 0 Å². The van der Waals surface area contributed by atoms with E-state index in [9.17, 15) is 10.2 Å². The largest absolute Gasteiger partial charge is 0.507 e. The van der Waals surface area contributed by atoms with Crippen LogP contribution in [0.4, 0.5) is 0 Å². The first-order chi connectivity index (χ1) is 10.1. The van der Waals surface area contributed by atoms with Gasteiger partial charge in [-0.25, -0.2) is 0 Å². The van der Waals surface area contributed by atoms with Crippen LogP contribution in [0, 0.1) is 0 Å². The lowest BCUT2D eigenvalue weighted by molar-refractivity contribution is 0.275. The van der Waals surface area contributed by atoms with Crippen molar-refractivity contribution < 1.29 is 10.2 Å². The molecule has 3 rings (SSSR count). The molecule has 2 aromatic carbocycles. The van der Waals surface area contributed by atoms with Crippen molar-refractivity contribution in [1.29, 1.82) is 0 Å². The molecule has 0 fully saturated rings. The van der Waals surface area contributed by atoms with E-state index in [0.29, 0.717) is 12.0 Å². The number of aromatic amines is 1. The quantitative estimate of drug-likeness (QED) is 0.635. The molecule has 0 unspecified atom stereocenters. The average Bonchev–Trinajstić information content (AvgIpc) is 2.83. The SMILES string of the molecule is CC(C)=CCc1c(O)c(CO)cc2c1[nH]c1ccccc12. The number of allylic oxidation sites excluding steroid dienone is 2. The Morgan fingerprint density at radius 1 is 1.19 bits per heavy atom. The Morgan fingerprint density at radius 3 is 2.67 bits per heavy atom. The minimum absolute atomic E-state index is 0.164. The van der Waals surface area contributed by atoms with Gasteiger partial charge in [0, 0.05) is 27.4 Å². The van der Waals surface area contributed by atoms with Crippen molar-refractivity contribution in [2.75, 3.05) is 0 Å². The van der Waals surface area contributed by atoms with E-state index in [0.717, 1.165) is 27.4 Å². The number of benzene rings is 2. The number of nitrogens with one attached hydrogen (secondary N) is 1. The predicted octanol–water partition coefficient (Wildman–Crippen LogP) is 4.03. The molecule has 0 spiro atoms. The molecule has 0 aliphatic heterocycles. The van der Waals surface area contributed by atoms with Crippen LogP contribution in [-0.2, 0) is 13.0 Å². The third-order valence-corrected chi connectivity index (χ3v) is 3.84. The van der Waals surface area contributed by atoms with Gasteiger partial charge in [0.1, 0.15) is 5.75 Å². The summed E-state index contributed by atoms with van der Waals surface area (Å²) in [5.74, 6) is 0.189. The van der Waals surface area contributed by atoms with Gasteiger partial charge in [0.25, 0.3) is 0 Å². The Balaban J connectivity index is 2.36. The molecule has 0 bridgehead atoms. The normalized spacial score (nSPS) is 11.2. The summed E-state index contributed by atoms with van der Waals surface area (Å²) >= 11 is 0. The summed E-state index contributed by atoms with van der Waals surface area (Å²) in [5.41, 5.74) is 4.61. The monoisotopic (exact) mass is 281 g/mol. The fourth-order valence-electron chi connectivity index (χ4n) is 2.73. The number of aliphatic hydroxyl groups excluding tert-OH is 1. The fraction of sp³-hybridized carbons (Fsp3) is 0.222. The molecule has 0 radical (unpaired) electrons. The highest BCUT2D eigenvalue weighted by molar-refractivity contribution is 6.09. The average molecular weight is 281 g/mol. The predicted molar refractivity (Wildman–Crippen MR) is 86.5 cm³/mol. The Morgan fingerprint density at radius 2 is 1.95 bits per heavy atom. The number of phenols is 1. The number of aromatic nitrogens is 1. The maximum atomic E-state index is 10.4. The molecule has 3 nitrogen and oxygen atoms in total. The first-order valence-corrected chi connectivity index (χ1v) is 7.10. The van der Waals surface area contributed by atoms with Gasteiger partial charge in [-0.3, -0.25) is 0 Å². The van der Waals surface area contributed by atoms with Crippen molar-refractivity contribution in [3.8, 4) is 5.75 Å². The second kappa shape index (κ2) is 5.26. The van der Waals surface area contributed by atoms with Gasteiger partial charge in [0.15, 0.2) is 0 Å². The number of hydrogen-bond acceptors (Lipinski definition) is 2. The van der Waals surface area contributed by atoms with Crippen LogP contribution in [0.25, 0.3) is 21.8 Å². The molecule has 21 heavy (non-hydrogen) atoms. The van der Waals surface area contributed by atoms with Crippen molar-refractivity contribution in [2.24, 2.45) is 0 Å². The molecular weight excluding hydrogens is 262 g/mol. The van der Waals surface area contributed by atoms with E-state index in [2.05, 4.69) is 17.1 Å². The van der Waals surface area contributed by atoms with E-state index in [1.54, 1.807) is 0 Å². The number of rotatable bonds is 3. The molecule has 3 heteroatoms. The van der Waals surface area contributed by atoms with Crippen molar-refractivity contribution in [3.63, 3.8) is 0 Å². The van der Waals surface area contributed by atoms with Crippen LogP contribution in [0.1, 0.15) is 25.0 Å². The summed E-state index contributed by atoms with van der Waals surface area (Å²) in [5, 5.41) is 22.1.